The van der Waals surface area contributed by atoms with E-state index in [-0.39, 0.29) is 18.2 Å². The lowest BCUT2D eigenvalue weighted by atomic mass is 10.1. The molecule has 0 radical (unpaired) electrons. The number of aryl methyl sites for hydroxylation is 1. The zero-order valence-corrected chi connectivity index (χ0v) is 16.8. The van der Waals surface area contributed by atoms with Crippen LogP contribution in [0.2, 0.25) is 0 Å². The monoisotopic (exact) mass is 415 g/mol. The Bertz CT molecular complexity index is 1300. The maximum absolute atomic E-state index is 12.6. The van der Waals surface area contributed by atoms with Crippen LogP contribution in [0.3, 0.4) is 0 Å². The summed E-state index contributed by atoms with van der Waals surface area (Å²) in [6.45, 7) is 1.96. The lowest BCUT2D eigenvalue weighted by molar-refractivity contribution is -0.115. The summed E-state index contributed by atoms with van der Waals surface area (Å²) in [4.78, 5) is 26.2. The van der Waals surface area contributed by atoms with Crippen molar-refractivity contribution in [3.8, 4) is 6.07 Å². The number of aromatic nitrogens is 2. The van der Waals surface area contributed by atoms with Crippen LogP contribution >= 0.6 is 11.3 Å². The largest absolute Gasteiger partial charge is 0.321 e. The average Bonchev–Trinajstić information content (AvgIpc) is 3.32. The molecule has 4 rings (SSSR count). The number of fused-ring (bicyclic) bond motifs is 1. The molecule has 2 heterocycles. The third-order valence-corrected chi connectivity index (χ3v) is 5.64. The maximum atomic E-state index is 12.6. The Morgan fingerprint density at radius 2 is 1.97 bits per heavy atom. The van der Waals surface area contributed by atoms with Gasteiger partial charge in [-0.3, -0.25) is 14.7 Å². The lowest BCUT2D eigenvalue weighted by Crippen LogP contribution is -2.15. The first-order valence-corrected chi connectivity index (χ1v) is 9.99. The van der Waals surface area contributed by atoms with Crippen LogP contribution in [-0.4, -0.2) is 22.0 Å². The predicted molar refractivity (Wildman–Crippen MR) is 117 cm³/mol. The van der Waals surface area contributed by atoms with E-state index in [2.05, 4.69) is 20.8 Å². The van der Waals surface area contributed by atoms with Crippen LogP contribution in [0, 0.1) is 18.3 Å². The third-order valence-electron chi connectivity index (χ3n) is 4.60. The molecular formula is C22H17N5O2S. The minimum absolute atomic E-state index is 0.178. The molecule has 0 unspecified atom stereocenters. The number of carbonyl (C=O) groups excluding carboxylic acids is 2. The fourth-order valence-electron chi connectivity index (χ4n) is 3.04. The molecule has 30 heavy (non-hydrogen) atoms. The molecule has 0 fully saturated rings. The summed E-state index contributed by atoms with van der Waals surface area (Å²) in [7, 11) is 0. The highest BCUT2D eigenvalue weighted by atomic mass is 32.1. The zero-order valence-electron chi connectivity index (χ0n) is 16.0. The van der Waals surface area contributed by atoms with Gasteiger partial charge in [-0.2, -0.15) is 10.4 Å². The summed E-state index contributed by atoms with van der Waals surface area (Å²) in [5.41, 5.74) is 3.01. The first-order valence-electron chi connectivity index (χ1n) is 9.17. The van der Waals surface area contributed by atoms with E-state index < -0.39 is 0 Å². The highest BCUT2D eigenvalue weighted by Crippen LogP contribution is 2.30. The number of anilines is 2. The fraction of sp³-hybridized carbons (Fsp3) is 0.0909. The van der Waals surface area contributed by atoms with Gasteiger partial charge in [-0.05, 0) is 42.3 Å². The van der Waals surface area contributed by atoms with Crippen molar-refractivity contribution < 1.29 is 9.59 Å². The molecule has 0 saturated heterocycles. The second-order valence-electron chi connectivity index (χ2n) is 6.72. The second-order valence-corrected chi connectivity index (χ2v) is 7.78. The number of hydrogen-bond donors (Lipinski definition) is 3. The van der Waals surface area contributed by atoms with Gasteiger partial charge in [0.2, 0.25) is 5.91 Å². The molecule has 2 aromatic carbocycles. The first-order chi connectivity index (χ1) is 14.5. The number of aromatic amines is 1. The van der Waals surface area contributed by atoms with Crippen LogP contribution in [0.15, 0.2) is 54.6 Å². The lowest BCUT2D eigenvalue weighted by Gasteiger charge is -2.05. The van der Waals surface area contributed by atoms with E-state index in [0.717, 1.165) is 11.1 Å². The molecule has 0 spiro atoms. The van der Waals surface area contributed by atoms with Crippen LogP contribution in [0.4, 0.5) is 11.5 Å². The molecule has 8 heteroatoms. The van der Waals surface area contributed by atoms with Gasteiger partial charge in [-0.1, -0.05) is 30.3 Å². The highest BCUT2D eigenvalue weighted by Gasteiger charge is 2.17. The highest BCUT2D eigenvalue weighted by molar-refractivity contribution is 7.20. The minimum Gasteiger partial charge on any atom is -0.321 e. The fourth-order valence-corrected chi connectivity index (χ4v) is 3.94. The molecule has 0 aliphatic heterocycles. The summed E-state index contributed by atoms with van der Waals surface area (Å²) in [6, 6.07) is 18.2. The standard InChI is InChI=1S/C22H17N5O2S/c1-13-5-2-3-7-15(13)10-19(28)25-20-17-11-18(30-22(17)27-26-20)21(29)24-16-8-4-6-14(9-16)12-23/h2-9,11H,10H2,1H3,(H,24,29)(H2,25,26,27,28). The minimum atomic E-state index is -0.295. The van der Waals surface area contributed by atoms with Crippen molar-refractivity contribution in [2.45, 2.75) is 13.3 Å². The molecule has 7 nitrogen and oxygen atoms in total. The number of thiophene rings is 1. The molecule has 2 aromatic heterocycles. The number of amides is 2. The summed E-state index contributed by atoms with van der Waals surface area (Å²) >= 11 is 1.24. The second kappa shape index (κ2) is 8.19. The number of hydrogen-bond acceptors (Lipinski definition) is 5. The van der Waals surface area contributed by atoms with Gasteiger partial charge in [0.15, 0.2) is 5.82 Å². The predicted octanol–water partition coefficient (Wildman–Crippen LogP) is 4.24. The Morgan fingerprint density at radius 3 is 2.77 bits per heavy atom. The zero-order chi connectivity index (χ0) is 21.1. The van der Waals surface area contributed by atoms with E-state index in [4.69, 9.17) is 5.26 Å². The molecule has 0 saturated carbocycles. The summed E-state index contributed by atoms with van der Waals surface area (Å²) in [5.74, 6) is -0.0783. The Morgan fingerprint density at radius 1 is 1.13 bits per heavy atom. The number of H-pyrrole nitrogens is 1. The van der Waals surface area contributed by atoms with Crippen molar-refractivity contribution in [2.75, 3.05) is 10.6 Å². The van der Waals surface area contributed by atoms with Crippen LogP contribution in [0.5, 0.6) is 0 Å². The third kappa shape index (κ3) is 4.06. The van der Waals surface area contributed by atoms with E-state index in [1.165, 1.54) is 11.3 Å². The van der Waals surface area contributed by atoms with Gasteiger partial charge in [0.05, 0.1) is 28.3 Å². The van der Waals surface area contributed by atoms with Crippen molar-refractivity contribution in [3.63, 3.8) is 0 Å². The van der Waals surface area contributed by atoms with Crippen molar-refractivity contribution in [2.24, 2.45) is 0 Å². The number of benzene rings is 2. The molecule has 0 aliphatic rings. The van der Waals surface area contributed by atoms with Crippen molar-refractivity contribution >= 4 is 44.9 Å². The molecular weight excluding hydrogens is 398 g/mol. The topological polar surface area (TPSA) is 111 Å². The van der Waals surface area contributed by atoms with Crippen LogP contribution in [0.1, 0.15) is 26.4 Å². The van der Waals surface area contributed by atoms with Gasteiger partial charge in [0, 0.05) is 5.69 Å². The molecule has 0 aliphatic carbocycles. The van der Waals surface area contributed by atoms with Crippen LogP contribution in [-0.2, 0) is 11.2 Å². The van der Waals surface area contributed by atoms with Gasteiger partial charge in [0.1, 0.15) is 4.83 Å². The van der Waals surface area contributed by atoms with Crippen molar-refractivity contribution in [1.29, 1.82) is 5.26 Å². The van der Waals surface area contributed by atoms with Crippen molar-refractivity contribution in [3.05, 3.63) is 76.2 Å². The van der Waals surface area contributed by atoms with Crippen LogP contribution in [0.25, 0.3) is 10.2 Å². The Kier molecular flexibility index (Phi) is 5.28. The molecule has 4 aromatic rings. The van der Waals surface area contributed by atoms with E-state index in [0.29, 0.717) is 32.2 Å². The summed E-state index contributed by atoms with van der Waals surface area (Å²) in [6.07, 6.45) is 0.244. The molecule has 148 valence electrons. The maximum Gasteiger partial charge on any atom is 0.265 e. The SMILES string of the molecule is Cc1ccccc1CC(=O)Nc1n[nH]c2sc(C(=O)Nc3cccc(C#N)c3)cc12. The average molecular weight is 415 g/mol. The van der Waals surface area contributed by atoms with Crippen molar-refractivity contribution in [1.82, 2.24) is 10.2 Å². The molecule has 0 atom stereocenters. The Labute approximate surface area is 176 Å². The Balaban J connectivity index is 1.49. The van der Waals surface area contributed by atoms with Gasteiger partial charge in [-0.25, -0.2) is 0 Å². The number of rotatable bonds is 5. The van der Waals surface area contributed by atoms with Gasteiger partial charge >= 0.3 is 0 Å². The Hall–Kier alpha value is -3.96. The van der Waals surface area contributed by atoms with E-state index in [1.54, 1.807) is 30.3 Å². The van der Waals surface area contributed by atoms with Gasteiger partial charge in [0.25, 0.3) is 5.91 Å². The molecule has 0 bridgehead atoms. The number of carbonyl (C=O) groups is 2. The van der Waals surface area contributed by atoms with Gasteiger partial charge < -0.3 is 10.6 Å². The molecule has 3 N–H and O–H groups in total. The smallest absolute Gasteiger partial charge is 0.265 e. The number of nitrogens with zero attached hydrogens (tertiary/aromatic N) is 2. The van der Waals surface area contributed by atoms with Gasteiger partial charge in [-0.15, -0.1) is 11.3 Å². The van der Waals surface area contributed by atoms with Crippen LogP contribution < -0.4 is 10.6 Å². The normalized spacial score (nSPS) is 10.5. The van der Waals surface area contributed by atoms with E-state index >= 15 is 0 Å². The number of nitriles is 1. The first kappa shape index (κ1) is 19.4. The van der Waals surface area contributed by atoms with E-state index in [9.17, 15) is 9.59 Å². The quantitative estimate of drug-likeness (QED) is 0.453. The summed E-state index contributed by atoms with van der Waals surface area (Å²) < 4.78 is 0. The van der Waals surface area contributed by atoms with E-state index in [1.807, 2.05) is 37.3 Å². The summed E-state index contributed by atoms with van der Waals surface area (Å²) in [5, 5.41) is 22.3. The number of nitrogens with one attached hydrogen (secondary N) is 3. The molecule has 2 amide bonds.